The molecule has 0 unspecified atom stereocenters. The molecule has 34 heavy (non-hydrogen) atoms. The number of aliphatic hydroxyl groups excluding tert-OH is 2. The predicted molar refractivity (Wildman–Crippen MR) is 140 cm³/mol. The van der Waals surface area contributed by atoms with Crippen LogP contribution in [0.3, 0.4) is 0 Å². The van der Waals surface area contributed by atoms with Gasteiger partial charge in [-0.2, -0.15) is 0 Å². The van der Waals surface area contributed by atoms with Gasteiger partial charge in [-0.15, -0.1) is 25.3 Å². The number of thiol groups is 2. The molecule has 5 aliphatic rings. The number of carbonyl (C=O) groups is 1. The predicted octanol–water partition coefficient (Wildman–Crippen LogP) is 5.70. The van der Waals surface area contributed by atoms with E-state index in [4.69, 9.17) is 4.74 Å². The summed E-state index contributed by atoms with van der Waals surface area (Å²) in [7, 11) is 0. The summed E-state index contributed by atoms with van der Waals surface area (Å²) in [6.07, 6.45) is 9.22. The smallest absolute Gasteiger partial charge is 0.334 e. The van der Waals surface area contributed by atoms with Gasteiger partial charge in [-0.3, -0.25) is 0 Å². The highest BCUT2D eigenvalue weighted by atomic mass is 32.2. The first kappa shape index (κ1) is 25.2. The molecule has 0 aromatic heterocycles. The number of hydrogen-bond donors (Lipinski definition) is 4. The molecule has 1 aliphatic heterocycles. The Morgan fingerprint density at radius 1 is 1.15 bits per heavy atom. The summed E-state index contributed by atoms with van der Waals surface area (Å²) in [5.41, 5.74) is 2.05. The third-order valence-corrected chi connectivity index (χ3v) is 12.0. The number of aliphatic hydroxyl groups is 2. The van der Waals surface area contributed by atoms with Crippen molar-refractivity contribution in [2.45, 2.75) is 104 Å². The van der Waals surface area contributed by atoms with E-state index >= 15 is 0 Å². The summed E-state index contributed by atoms with van der Waals surface area (Å²) in [5, 5.41) is 22.6. The first-order valence-corrected chi connectivity index (χ1v) is 14.3. The molecule has 190 valence electrons. The summed E-state index contributed by atoms with van der Waals surface area (Å²) >= 11 is 8.49. The lowest BCUT2D eigenvalue weighted by molar-refractivity contribution is -0.241. The van der Waals surface area contributed by atoms with Crippen LogP contribution in [-0.4, -0.2) is 34.5 Å². The maximum Gasteiger partial charge on any atom is 0.334 e. The number of carbonyl (C=O) groups excluding carboxylic acids is 1. The van der Waals surface area contributed by atoms with E-state index in [1.54, 1.807) is 0 Å². The van der Waals surface area contributed by atoms with E-state index in [0.717, 1.165) is 50.5 Å². The van der Waals surface area contributed by atoms with Crippen LogP contribution in [0.2, 0.25) is 0 Å². The average molecular weight is 507 g/mol. The average Bonchev–Trinajstić information content (AvgIpc) is 3.22. The third-order valence-electron chi connectivity index (χ3n) is 11.7. The van der Waals surface area contributed by atoms with Gasteiger partial charge in [0.15, 0.2) is 0 Å². The second kappa shape index (κ2) is 8.56. The number of hydrogen-bond acceptors (Lipinski definition) is 6. The van der Waals surface area contributed by atoms with Crippen LogP contribution in [0, 0.1) is 39.9 Å². The summed E-state index contributed by atoms with van der Waals surface area (Å²) in [6, 6.07) is 0. The van der Waals surface area contributed by atoms with Crippen molar-refractivity contribution >= 4 is 31.2 Å². The van der Waals surface area contributed by atoms with Crippen molar-refractivity contribution in [1.29, 1.82) is 0 Å². The Morgan fingerprint density at radius 3 is 2.56 bits per heavy atom. The van der Waals surface area contributed by atoms with Crippen LogP contribution in [0.25, 0.3) is 0 Å². The number of rotatable bonds is 4. The maximum absolute atomic E-state index is 12.8. The van der Waals surface area contributed by atoms with Gasteiger partial charge in [0, 0.05) is 9.81 Å². The SMILES string of the molecule is CC[C@]12CC[C@@H](O)[C@@H](C)[C@@H]1CC[C@@]1(C)[C@H]2[C@H](O)C[C@H]2C3=C(CCC=C(S)S)C(=O)O[C@H]3C[C@@]21C. The second-order valence-corrected chi connectivity index (χ2v) is 13.8. The molecular weight excluding hydrogens is 464 g/mol. The fourth-order valence-electron chi connectivity index (χ4n) is 9.97. The largest absolute Gasteiger partial charge is 0.454 e. The van der Waals surface area contributed by atoms with Gasteiger partial charge in [-0.1, -0.05) is 33.8 Å². The summed E-state index contributed by atoms with van der Waals surface area (Å²) < 4.78 is 6.64. The molecule has 0 spiro atoms. The molecule has 10 atom stereocenters. The Bertz CT molecular complexity index is 925. The first-order chi connectivity index (χ1) is 16.0. The molecule has 2 N–H and O–H groups in total. The molecular formula is C28H42O4S2. The normalized spacial score (nSPS) is 49.6. The van der Waals surface area contributed by atoms with Crippen molar-refractivity contribution in [3.63, 3.8) is 0 Å². The lowest BCUT2D eigenvalue weighted by atomic mass is 9.35. The fourth-order valence-corrected chi connectivity index (χ4v) is 10.2. The van der Waals surface area contributed by atoms with E-state index in [2.05, 4.69) is 53.0 Å². The number of fused-ring (bicyclic) bond motifs is 7. The van der Waals surface area contributed by atoms with Gasteiger partial charge in [0.25, 0.3) is 0 Å². The van der Waals surface area contributed by atoms with Crippen LogP contribution in [0.5, 0.6) is 0 Å². The molecule has 4 fully saturated rings. The Hall–Kier alpha value is -0.430. The van der Waals surface area contributed by atoms with Crippen LogP contribution in [0.1, 0.15) is 85.5 Å². The van der Waals surface area contributed by atoms with E-state index in [1.165, 1.54) is 5.57 Å². The molecule has 0 saturated heterocycles. The molecule has 0 aromatic rings. The lowest BCUT2D eigenvalue weighted by Crippen LogP contribution is -2.66. The molecule has 1 heterocycles. The Kier molecular flexibility index (Phi) is 6.35. The third kappa shape index (κ3) is 3.30. The Morgan fingerprint density at radius 2 is 1.88 bits per heavy atom. The lowest BCUT2D eigenvalue weighted by Gasteiger charge is -2.69. The summed E-state index contributed by atoms with van der Waals surface area (Å²) in [6.45, 7) is 9.40. The number of ether oxygens (including phenoxy) is 1. The standard InChI is InChI=1S/C28H42O4S2/c1-5-28-12-10-19(29)15(2)17(28)9-11-26(3)24(28)20(30)13-18-23-16(7-6-8-22(33)34)25(31)32-21(23)14-27(18,26)4/h8,15,17-21,24,29-30,33-34H,5-7,9-14H2,1-4H3/t15-,17-,18-,19+,20+,21-,24+,26-,27-,28-/m0/s1. The molecule has 4 saturated carbocycles. The molecule has 0 bridgehead atoms. The van der Waals surface area contributed by atoms with Gasteiger partial charge in [-0.25, -0.2) is 4.79 Å². The minimum atomic E-state index is -0.391. The first-order valence-electron chi connectivity index (χ1n) is 13.4. The van der Waals surface area contributed by atoms with Crippen molar-refractivity contribution < 1.29 is 19.7 Å². The van der Waals surface area contributed by atoms with E-state index in [0.29, 0.717) is 23.0 Å². The number of esters is 1. The van der Waals surface area contributed by atoms with E-state index in [1.807, 2.05) is 6.08 Å². The Labute approximate surface area is 215 Å². The van der Waals surface area contributed by atoms with Gasteiger partial charge in [0.1, 0.15) is 6.10 Å². The van der Waals surface area contributed by atoms with Crippen LogP contribution < -0.4 is 0 Å². The van der Waals surface area contributed by atoms with Gasteiger partial charge in [-0.05, 0) is 103 Å². The zero-order valence-electron chi connectivity index (χ0n) is 21.1. The second-order valence-electron chi connectivity index (χ2n) is 12.5. The molecule has 0 radical (unpaired) electrons. The highest BCUT2D eigenvalue weighted by Gasteiger charge is 2.72. The van der Waals surface area contributed by atoms with E-state index < -0.39 is 6.10 Å². The zero-order valence-corrected chi connectivity index (χ0v) is 22.9. The van der Waals surface area contributed by atoms with Crippen molar-refractivity contribution in [1.82, 2.24) is 0 Å². The molecule has 4 aliphatic carbocycles. The minimum absolute atomic E-state index is 0.0105. The van der Waals surface area contributed by atoms with E-state index in [-0.39, 0.29) is 52.2 Å². The topological polar surface area (TPSA) is 66.8 Å². The van der Waals surface area contributed by atoms with Crippen molar-refractivity contribution in [3.05, 3.63) is 21.5 Å². The van der Waals surface area contributed by atoms with Gasteiger partial charge < -0.3 is 14.9 Å². The molecule has 0 amide bonds. The monoisotopic (exact) mass is 506 g/mol. The van der Waals surface area contributed by atoms with Crippen LogP contribution in [0.15, 0.2) is 21.5 Å². The molecule has 4 nitrogen and oxygen atoms in total. The van der Waals surface area contributed by atoms with Gasteiger partial charge in [0.05, 0.1) is 12.2 Å². The fraction of sp³-hybridized carbons (Fsp3) is 0.821. The van der Waals surface area contributed by atoms with Crippen LogP contribution >= 0.6 is 25.3 Å². The van der Waals surface area contributed by atoms with Crippen molar-refractivity contribution in [2.24, 2.45) is 39.9 Å². The highest BCUT2D eigenvalue weighted by molar-refractivity contribution is 8.05. The number of allylic oxidation sites excluding steroid dienone is 1. The van der Waals surface area contributed by atoms with Crippen molar-refractivity contribution in [3.8, 4) is 0 Å². The highest BCUT2D eigenvalue weighted by Crippen LogP contribution is 2.75. The van der Waals surface area contributed by atoms with Crippen molar-refractivity contribution in [2.75, 3.05) is 0 Å². The zero-order chi connectivity index (χ0) is 24.6. The van der Waals surface area contributed by atoms with Crippen LogP contribution in [0.4, 0.5) is 0 Å². The minimum Gasteiger partial charge on any atom is -0.454 e. The summed E-state index contributed by atoms with van der Waals surface area (Å²) in [4.78, 5) is 12.8. The van der Waals surface area contributed by atoms with Gasteiger partial charge in [0.2, 0.25) is 0 Å². The van der Waals surface area contributed by atoms with Crippen LogP contribution in [-0.2, 0) is 9.53 Å². The van der Waals surface area contributed by atoms with E-state index in [9.17, 15) is 15.0 Å². The molecule has 0 aromatic carbocycles. The quantitative estimate of drug-likeness (QED) is 0.292. The molecule has 5 rings (SSSR count). The summed E-state index contributed by atoms with van der Waals surface area (Å²) in [5.74, 6) is 0.984. The Balaban J connectivity index is 1.55. The van der Waals surface area contributed by atoms with Gasteiger partial charge >= 0.3 is 5.97 Å². The molecule has 6 heteroatoms. The maximum atomic E-state index is 12.8.